The van der Waals surface area contributed by atoms with Crippen LogP contribution in [-0.4, -0.2) is 39.8 Å². The summed E-state index contributed by atoms with van der Waals surface area (Å²) in [6, 6.07) is 0. The average Bonchev–Trinajstić information content (AvgIpc) is 2.48. The zero-order chi connectivity index (χ0) is 11.4. The Bertz CT molecular complexity index is 348. The minimum atomic E-state index is -1.04. The van der Waals surface area contributed by atoms with Crippen LogP contribution < -0.4 is 0 Å². The standard InChI is InChI=1S/C9H15N3O3/c1-6(5-15-3)4-12-7(2)8(9(13)14)10-11-12/h6H,4-5H2,1-3H3,(H,13,14). The predicted molar refractivity (Wildman–Crippen MR) is 52.8 cm³/mol. The number of carboxylic acids is 1. The lowest BCUT2D eigenvalue weighted by atomic mass is 10.2. The van der Waals surface area contributed by atoms with Gasteiger partial charge in [-0.15, -0.1) is 5.10 Å². The molecule has 0 bridgehead atoms. The average molecular weight is 213 g/mol. The second kappa shape index (κ2) is 4.88. The SMILES string of the molecule is COCC(C)Cn1nnc(C(=O)O)c1C. The molecule has 0 aromatic carbocycles. The van der Waals surface area contributed by atoms with Crippen LogP contribution in [0.25, 0.3) is 0 Å². The Hall–Kier alpha value is -1.43. The van der Waals surface area contributed by atoms with E-state index in [1.165, 1.54) is 0 Å². The van der Waals surface area contributed by atoms with Gasteiger partial charge in [0.05, 0.1) is 12.3 Å². The van der Waals surface area contributed by atoms with Crippen LogP contribution in [0.5, 0.6) is 0 Å². The number of hydrogen-bond acceptors (Lipinski definition) is 4. The van der Waals surface area contributed by atoms with Crippen molar-refractivity contribution in [1.82, 2.24) is 15.0 Å². The molecule has 0 saturated carbocycles. The van der Waals surface area contributed by atoms with Gasteiger partial charge in [0.25, 0.3) is 0 Å². The zero-order valence-corrected chi connectivity index (χ0v) is 9.10. The zero-order valence-electron chi connectivity index (χ0n) is 9.10. The first-order valence-electron chi connectivity index (χ1n) is 4.68. The summed E-state index contributed by atoms with van der Waals surface area (Å²) >= 11 is 0. The van der Waals surface area contributed by atoms with E-state index in [0.29, 0.717) is 18.8 Å². The van der Waals surface area contributed by atoms with Crippen molar-refractivity contribution >= 4 is 5.97 Å². The van der Waals surface area contributed by atoms with E-state index < -0.39 is 5.97 Å². The summed E-state index contributed by atoms with van der Waals surface area (Å²) in [6.07, 6.45) is 0. The van der Waals surface area contributed by atoms with E-state index in [4.69, 9.17) is 9.84 Å². The van der Waals surface area contributed by atoms with Crippen LogP contribution in [0.3, 0.4) is 0 Å². The normalized spacial score (nSPS) is 12.7. The molecule has 0 aliphatic carbocycles. The van der Waals surface area contributed by atoms with Crippen molar-refractivity contribution in [3.63, 3.8) is 0 Å². The van der Waals surface area contributed by atoms with E-state index in [0.717, 1.165) is 0 Å². The highest BCUT2D eigenvalue weighted by atomic mass is 16.5. The molecule has 0 aliphatic heterocycles. The third kappa shape index (κ3) is 2.76. The van der Waals surface area contributed by atoms with E-state index >= 15 is 0 Å². The third-order valence-corrected chi connectivity index (χ3v) is 2.12. The van der Waals surface area contributed by atoms with Gasteiger partial charge < -0.3 is 9.84 Å². The van der Waals surface area contributed by atoms with Crippen molar-refractivity contribution in [2.45, 2.75) is 20.4 Å². The number of ether oxygens (including phenoxy) is 1. The van der Waals surface area contributed by atoms with Crippen LogP contribution in [0.2, 0.25) is 0 Å². The molecule has 0 saturated heterocycles. The summed E-state index contributed by atoms with van der Waals surface area (Å²) in [5.41, 5.74) is 0.588. The van der Waals surface area contributed by atoms with Crippen molar-refractivity contribution in [2.75, 3.05) is 13.7 Å². The summed E-state index contributed by atoms with van der Waals surface area (Å²) in [5, 5.41) is 16.2. The highest BCUT2D eigenvalue weighted by molar-refractivity contribution is 5.86. The molecule has 15 heavy (non-hydrogen) atoms. The first-order chi connectivity index (χ1) is 7.06. The number of nitrogens with zero attached hydrogens (tertiary/aromatic N) is 3. The molecule has 1 heterocycles. The van der Waals surface area contributed by atoms with E-state index in [-0.39, 0.29) is 11.6 Å². The fraction of sp³-hybridized carbons (Fsp3) is 0.667. The highest BCUT2D eigenvalue weighted by Gasteiger charge is 2.16. The molecule has 0 spiro atoms. The third-order valence-electron chi connectivity index (χ3n) is 2.12. The number of rotatable bonds is 5. The molecule has 1 unspecified atom stereocenters. The molecular weight excluding hydrogens is 198 g/mol. The quantitative estimate of drug-likeness (QED) is 0.773. The van der Waals surface area contributed by atoms with Gasteiger partial charge in [-0.1, -0.05) is 12.1 Å². The minimum absolute atomic E-state index is 0.0135. The molecule has 0 fully saturated rings. The van der Waals surface area contributed by atoms with Gasteiger partial charge in [0, 0.05) is 13.7 Å². The van der Waals surface area contributed by atoms with E-state index in [2.05, 4.69) is 10.3 Å². The van der Waals surface area contributed by atoms with Crippen molar-refractivity contribution in [1.29, 1.82) is 0 Å². The van der Waals surface area contributed by atoms with Gasteiger partial charge in [0.2, 0.25) is 0 Å². The van der Waals surface area contributed by atoms with E-state index in [1.54, 1.807) is 18.7 Å². The van der Waals surface area contributed by atoms with E-state index in [9.17, 15) is 4.79 Å². The van der Waals surface area contributed by atoms with Gasteiger partial charge in [0.15, 0.2) is 5.69 Å². The number of hydrogen-bond donors (Lipinski definition) is 1. The maximum absolute atomic E-state index is 10.7. The Morgan fingerprint density at radius 1 is 1.67 bits per heavy atom. The Morgan fingerprint density at radius 2 is 2.33 bits per heavy atom. The maximum Gasteiger partial charge on any atom is 0.358 e. The first kappa shape index (κ1) is 11.6. The molecule has 84 valence electrons. The van der Waals surface area contributed by atoms with Crippen LogP contribution >= 0.6 is 0 Å². The summed E-state index contributed by atoms with van der Waals surface area (Å²) < 4.78 is 6.58. The molecule has 0 radical (unpaired) electrons. The lowest BCUT2D eigenvalue weighted by molar-refractivity contribution is 0.0689. The molecule has 1 aromatic heterocycles. The second-order valence-corrected chi connectivity index (χ2v) is 3.57. The number of aromatic nitrogens is 3. The van der Waals surface area contributed by atoms with Gasteiger partial charge in [-0.25, -0.2) is 9.48 Å². The predicted octanol–water partition coefficient (Wildman–Crippen LogP) is 0.567. The van der Waals surface area contributed by atoms with Gasteiger partial charge in [0.1, 0.15) is 0 Å². The summed E-state index contributed by atoms with van der Waals surface area (Å²) in [5.74, 6) is -0.768. The van der Waals surface area contributed by atoms with Crippen molar-refractivity contribution in [3.05, 3.63) is 11.4 Å². The lowest BCUT2D eigenvalue weighted by Crippen LogP contribution is -2.15. The van der Waals surface area contributed by atoms with Crippen LogP contribution in [0.15, 0.2) is 0 Å². The second-order valence-electron chi connectivity index (χ2n) is 3.57. The molecule has 1 aromatic rings. The van der Waals surface area contributed by atoms with Crippen LogP contribution in [0.1, 0.15) is 23.1 Å². The van der Waals surface area contributed by atoms with Crippen LogP contribution in [0, 0.1) is 12.8 Å². The molecule has 1 atom stereocenters. The van der Waals surface area contributed by atoms with Crippen LogP contribution in [-0.2, 0) is 11.3 Å². The Morgan fingerprint density at radius 3 is 2.80 bits per heavy atom. The molecule has 1 rings (SSSR count). The smallest absolute Gasteiger partial charge is 0.358 e. The Balaban J connectivity index is 2.74. The highest BCUT2D eigenvalue weighted by Crippen LogP contribution is 2.07. The Kier molecular flexibility index (Phi) is 3.79. The Labute approximate surface area is 87.9 Å². The molecule has 0 amide bonds. The first-order valence-corrected chi connectivity index (χ1v) is 4.68. The van der Waals surface area contributed by atoms with Crippen molar-refractivity contribution < 1.29 is 14.6 Å². The van der Waals surface area contributed by atoms with Gasteiger partial charge >= 0.3 is 5.97 Å². The lowest BCUT2D eigenvalue weighted by Gasteiger charge is -2.10. The number of carbonyl (C=O) groups is 1. The topological polar surface area (TPSA) is 77.2 Å². The van der Waals surface area contributed by atoms with Gasteiger partial charge in [-0.2, -0.15) is 0 Å². The largest absolute Gasteiger partial charge is 0.476 e. The molecular formula is C9H15N3O3. The van der Waals surface area contributed by atoms with Gasteiger partial charge in [-0.3, -0.25) is 0 Å². The molecule has 1 N–H and O–H groups in total. The number of methoxy groups -OCH3 is 1. The van der Waals surface area contributed by atoms with Crippen molar-refractivity contribution in [2.24, 2.45) is 5.92 Å². The minimum Gasteiger partial charge on any atom is -0.476 e. The fourth-order valence-electron chi connectivity index (χ4n) is 1.36. The van der Waals surface area contributed by atoms with Crippen LogP contribution in [0.4, 0.5) is 0 Å². The molecule has 0 aliphatic rings. The van der Waals surface area contributed by atoms with E-state index in [1.807, 2.05) is 6.92 Å². The maximum atomic E-state index is 10.7. The summed E-state index contributed by atoms with van der Waals surface area (Å²) in [4.78, 5) is 10.7. The summed E-state index contributed by atoms with van der Waals surface area (Å²) in [6.45, 7) is 4.93. The molecule has 6 nitrogen and oxygen atoms in total. The summed E-state index contributed by atoms with van der Waals surface area (Å²) in [7, 11) is 1.63. The molecule has 6 heteroatoms. The fourth-order valence-corrected chi connectivity index (χ4v) is 1.36. The van der Waals surface area contributed by atoms with Gasteiger partial charge in [-0.05, 0) is 12.8 Å². The monoisotopic (exact) mass is 213 g/mol. The van der Waals surface area contributed by atoms with Crippen molar-refractivity contribution in [3.8, 4) is 0 Å². The number of carboxylic acid groups (broad SMARTS) is 1. The number of aromatic carboxylic acids is 1.